The fraction of sp³-hybridized carbons (Fsp3) is 0.143. The van der Waals surface area contributed by atoms with Crippen molar-refractivity contribution in [2.45, 2.75) is 49.9 Å². The van der Waals surface area contributed by atoms with Gasteiger partial charge in [-0.1, -0.05) is 204 Å². The van der Waals surface area contributed by atoms with Gasteiger partial charge in [-0.05, 0) is 106 Å². The molecule has 0 bridgehead atoms. The second-order valence-electron chi connectivity index (χ2n) is 17.6. The van der Waals surface area contributed by atoms with Crippen molar-refractivity contribution in [3.8, 4) is 44.5 Å². The predicted octanol–water partition coefficient (Wildman–Crippen LogP) is 13.8. The maximum absolute atomic E-state index is 2.60. The third-order valence-corrected chi connectivity index (χ3v) is 14.2. The van der Waals surface area contributed by atoms with Crippen molar-refractivity contribution in [2.75, 3.05) is 0 Å². The van der Waals surface area contributed by atoms with Crippen LogP contribution in [0.1, 0.15) is 94.8 Å². The molecule has 8 aromatic rings. The average molecular weight is 715 g/mol. The Labute approximate surface area is 330 Å². The summed E-state index contributed by atoms with van der Waals surface area (Å²) in [5, 5.41) is 0. The van der Waals surface area contributed by atoms with Crippen LogP contribution in [0.4, 0.5) is 0 Å². The van der Waals surface area contributed by atoms with Crippen molar-refractivity contribution in [1.82, 2.24) is 0 Å². The molecule has 4 aliphatic rings. The van der Waals surface area contributed by atoms with Crippen molar-refractivity contribution in [3.63, 3.8) is 0 Å². The lowest BCUT2D eigenvalue weighted by Gasteiger charge is -2.31. The summed E-state index contributed by atoms with van der Waals surface area (Å²) < 4.78 is 0. The van der Waals surface area contributed by atoms with E-state index in [1.807, 2.05) is 0 Å². The van der Waals surface area contributed by atoms with Crippen LogP contribution < -0.4 is 0 Å². The minimum Gasteiger partial charge on any atom is -0.0619 e. The van der Waals surface area contributed by atoms with Gasteiger partial charge in [0.05, 0.1) is 5.41 Å². The van der Waals surface area contributed by atoms with E-state index in [1.54, 1.807) is 0 Å². The van der Waals surface area contributed by atoms with Crippen LogP contribution in [-0.2, 0) is 16.2 Å². The summed E-state index contributed by atoms with van der Waals surface area (Å²) >= 11 is 0. The average Bonchev–Trinajstić information content (AvgIpc) is 3.86. The first-order valence-electron chi connectivity index (χ1n) is 20.2. The van der Waals surface area contributed by atoms with Crippen LogP contribution in [0.5, 0.6) is 0 Å². The Balaban J connectivity index is 1.12. The van der Waals surface area contributed by atoms with Gasteiger partial charge in [0.1, 0.15) is 0 Å². The highest BCUT2D eigenvalue weighted by atomic mass is 14.5. The van der Waals surface area contributed by atoms with E-state index in [-0.39, 0.29) is 22.2 Å². The zero-order valence-electron chi connectivity index (χ0n) is 32.3. The molecule has 0 aromatic heterocycles. The number of hydrogen-bond donors (Lipinski definition) is 0. The van der Waals surface area contributed by atoms with Gasteiger partial charge in [-0.25, -0.2) is 0 Å². The molecule has 0 saturated heterocycles. The molecule has 0 radical (unpaired) electrons. The zero-order chi connectivity index (χ0) is 37.6. The summed E-state index contributed by atoms with van der Waals surface area (Å²) in [5.41, 5.74) is 25.5. The maximum atomic E-state index is 2.60. The van der Waals surface area contributed by atoms with E-state index >= 15 is 0 Å². The monoisotopic (exact) mass is 714 g/mol. The molecule has 8 aromatic carbocycles. The van der Waals surface area contributed by atoms with E-state index in [0.717, 1.165) is 0 Å². The van der Waals surface area contributed by atoms with Crippen molar-refractivity contribution in [3.05, 3.63) is 237 Å². The minimum absolute atomic E-state index is 0.0302. The van der Waals surface area contributed by atoms with Crippen LogP contribution in [-0.4, -0.2) is 0 Å². The van der Waals surface area contributed by atoms with E-state index < -0.39 is 0 Å². The molecular weight excluding hydrogens is 673 g/mol. The molecule has 266 valence electrons. The Morgan fingerprint density at radius 2 is 0.536 bits per heavy atom. The summed E-state index contributed by atoms with van der Waals surface area (Å²) in [6.07, 6.45) is 0. The van der Waals surface area contributed by atoms with Gasteiger partial charge in [0.15, 0.2) is 0 Å². The Kier molecular flexibility index (Phi) is 6.27. The number of fused-ring (bicyclic) bond motifs is 16. The van der Waals surface area contributed by atoms with Gasteiger partial charge in [0.2, 0.25) is 0 Å². The maximum Gasteiger partial charge on any atom is 0.0725 e. The first-order chi connectivity index (χ1) is 27.3. The first-order valence-corrected chi connectivity index (χ1v) is 20.2. The molecule has 56 heavy (non-hydrogen) atoms. The highest BCUT2D eigenvalue weighted by molar-refractivity contribution is 5.95. The highest BCUT2D eigenvalue weighted by Crippen LogP contribution is 2.63. The Hall–Kier alpha value is -6.24. The van der Waals surface area contributed by atoms with Gasteiger partial charge in [0.25, 0.3) is 0 Å². The fourth-order valence-electron chi connectivity index (χ4n) is 11.7. The van der Waals surface area contributed by atoms with Crippen LogP contribution in [0.25, 0.3) is 44.5 Å². The summed E-state index contributed by atoms with van der Waals surface area (Å²) in [5.74, 6) is 0.0302. The Morgan fingerprint density at radius 1 is 0.268 bits per heavy atom. The van der Waals surface area contributed by atoms with Gasteiger partial charge in [-0.15, -0.1) is 0 Å². The molecule has 0 heteroatoms. The molecule has 1 spiro atoms. The van der Waals surface area contributed by atoms with Gasteiger partial charge in [-0.3, -0.25) is 0 Å². The summed E-state index contributed by atoms with van der Waals surface area (Å²) in [7, 11) is 0. The molecule has 0 N–H and O–H groups in total. The van der Waals surface area contributed by atoms with E-state index in [2.05, 4.69) is 204 Å². The topological polar surface area (TPSA) is 0 Å². The molecule has 4 aliphatic carbocycles. The zero-order valence-corrected chi connectivity index (χ0v) is 32.3. The summed E-state index contributed by atoms with van der Waals surface area (Å²) in [6, 6.07) is 67.7. The Morgan fingerprint density at radius 3 is 0.911 bits per heavy atom. The van der Waals surface area contributed by atoms with Gasteiger partial charge >= 0.3 is 0 Å². The standard InChI is InChI=1S/C56H42/c1-54(2)45-20-10-5-15-37(45)42-28-25-34(31-50(42)54)53(35-26-29-43-38-16-6-11-21-46(38)55(3,4)51(43)32-35)36-27-30-44-41-19-9-14-24-49(41)56(52(44)33-36)47-22-12-7-17-39(47)40-18-8-13-23-48(40)56/h5-33,53H,1-4H3. The second-order valence-corrected chi connectivity index (χ2v) is 17.6. The van der Waals surface area contributed by atoms with E-state index in [0.29, 0.717) is 0 Å². The molecule has 12 rings (SSSR count). The molecule has 0 aliphatic heterocycles. The predicted molar refractivity (Wildman–Crippen MR) is 232 cm³/mol. The molecular formula is C56H42. The summed E-state index contributed by atoms with van der Waals surface area (Å²) in [4.78, 5) is 0. The lowest BCUT2D eigenvalue weighted by molar-refractivity contribution is 0.657. The summed E-state index contributed by atoms with van der Waals surface area (Å²) in [6.45, 7) is 9.60. The molecule has 0 unspecified atom stereocenters. The quantitative estimate of drug-likeness (QED) is 0.160. The number of rotatable bonds is 3. The van der Waals surface area contributed by atoms with Crippen molar-refractivity contribution >= 4 is 0 Å². The van der Waals surface area contributed by atoms with Gasteiger partial charge in [0, 0.05) is 16.7 Å². The van der Waals surface area contributed by atoms with Crippen LogP contribution in [0.2, 0.25) is 0 Å². The SMILES string of the molecule is CC1(C)c2ccccc2-c2ccc(C(c3ccc4c(c3)C(C)(C)c3ccccc3-4)c3ccc4c(c3)C3(c5ccccc5-c5ccccc53)c3ccccc3-4)cc21. The van der Waals surface area contributed by atoms with Crippen LogP contribution in [0, 0.1) is 0 Å². The van der Waals surface area contributed by atoms with E-state index in [9.17, 15) is 0 Å². The first kappa shape index (κ1) is 32.0. The third-order valence-electron chi connectivity index (χ3n) is 14.2. The lowest BCUT2D eigenvalue weighted by Crippen LogP contribution is -2.26. The smallest absolute Gasteiger partial charge is 0.0619 e. The van der Waals surface area contributed by atoms with Crippen molar-refractivity contribution in [2.24, 2.45) is 0 Å². The van der Waals surface area contributed by atoms with Crippen LogP contribution in [0.15, 0.2) is 176 Å². The molecule has 0 heterocycles. The van der Waals surface area contributed by atoms with Crippen LogP contribution >= 0.6 is 0 Å². The Bertz CT molecular complexity index is 2820. The second kappa shape index (κ2) is 11.0. The largest absolute Gasteiger partial charge is 0.0725 e. The van der Waals surface area contributed by atoms with E-state index in [1.165, 1.54) is 106 Å². The third kappa shape index (κ3) is 3.89. The van der Waals surface area contributed by atoms with Crippen molar-refractivity contribution < 1.29 is 0 Å². The lowest BCUT2D eigenvalue weighted by atomic mass is 9.69. The molecule has 0 nitrogen and oxygen atoms in total. The molecule has 0 saturated carbocycles. The van der Waals surface area contributed by atoms with Gasteiger partial charge < -0.3 is 0 Å². The molecule has 0 atom stereocenters. The van der Waals surface area contributed by atoms with Crippen molar-refractivity contribution in [1.29, 1.82) is 0 Å². The molecule has 0 amide bonds. The van der Waals surface area contributed by atoms with E-state index in [4.69, 9.17) is 0 Å². The van der Waals surface area contributed by atoms with Crippen LogP contribution in [0.3, 0.4) is 0 Å². The number of benzene rings is 8. The number of hydrogen-bond acceptors (Lipinski definition) is 0. The molecule has 0 fully saturated rings. The normalized spacial score (nSPS) is 16.1. The fourth-order valence-corrected chi connectivity index (χ4v) is 11.7. The highest BCUT2D eigenvalue weighted by Gasteiger charge is 2.51. The van der Waals surface area contributed by atoms with Gasteiger partial charge in [-0.2, -0.15) is 0 Å². The minimum atomic E-state index is -0.386.